The van der Waals surface area contributed by atoms with E-state index in [-0.39, 0.29) is 12.3 Å². The molecule has 1 saturated carbocycles. The van der Waals surface area contributed by atoms with Crippen LogP contribution in [0.25, 0.3) is 11.4 Å². The largest absolute Gasteiger partial charge is 0.438 e. The van der Waals surface area contributed by atoms with Crippen molar-refractivity contribution in [3.63, 3.8) is 0 Å². The van der Waals surface area contributed by atoms with Crippen molar-refractivity contribution in [3.8, 4) is 23.0 Å². The molecule has 1 fully saturated rings. The van der Waals surface area contributed by atoms with Gasteiger partial charge in [-0.3, -0.25) is 0 Å². The third-order valence-corrected chi connectivity index (χ3v) is 4.49. The van der Waals surface area contributed by atoms with Gasteiger partial charge >= 0.3 is 0 Å². The van der Waals surface area contributed by atoms with Crippen LogP contribution in [0.4, 0.5) is 8.78 Å². The maximum atomic E-state index is 13.8. The molecule has 0 aliphatic heterocycles. The van der Waals surface area contributed by atoms with Gasteiger partial charge in [-0.25, -0.2) is 23.4 Å². The Balaban J connectivity index is 1.66. The van der Waals surface area contributed by atoms with Crippen LogP contribution in [0, 0.1) is 5.82 Å². The predicted molar refractivity (Wildman–Crippen MR) is 95.6 cm³/mol. The third kappa shape index (κ3) is 3.66. The minimum Gasteiger partial charge on any atom is -0.438 e. The summed E-state index contributed by atoms with van der Waals surface area (Å²) in [7, 11) is 1.78. The number of nitrogens with two attached hydrogens (primary N) is 1. The Kier molecular flexibility index (Phi) is 4.57. The van der Waals surface area contributed by atoms with Crippen molar-refractivity contribution in [2.24, 2.45) is 12.8 Å². The van der Waals surface area contributed by atoms with Crippen molar-refractivity contribution >= 4 is 0 Å². The fourth-order valence-corrected chi connectivity index (χ4v) is 2.80. The van der Waals surface area contributed by atoms with Crippen LogP contribution in [0.5, 0.6) is 11.6 Å². The standard InChI is InChI=1S/C19H19F2N5O/c1-26-18(7-16(25-26)11-2-3-11)27-17-6-13(20)4-5-14(17)19-23-9-12(10-24-19)15(21)8-22/h4-7,9-11,15H,2-3,8,22H2,1H3/t15-/m1/s1. The Hall–Kier alpha value is -2.87. The van der Waals surface area contributed by atoms with Crippen molar-refractivity contribution in [3.05, 3.63) is 53.7 Å². The summed E-state index contributed by atoms with van der Waals surface area (Å²) in [5, 5.41) is 4.45. The molecular formula is C19H19F2N5O. The molecule has 1 aromatic carbocycles. The number of halogens is 2. The fourth-order valence-electron chi connectivity index (χ4n) is 2.80. The van der Waals surface area contributed by atoms with Gasteiger partial charge in [0.1, 0.15) is 17.7 Å². The molecule has 27 heavy (non-hydrogen) atoms. The lowest BCUT2D eigenvalue weighted by atomic mass is 10.1. The lowest BCUT2D eigenvalue weighted by molar-refractivity contribution is 0.351. The molecule has 1 aliphatic carbocycles. The zero-order valence-electron chi connectivity index (χ0n) is 14.8. The molecule has 0 spiro atoms. The van der Waals surface area contributed by atoms with E-state index in [0.29, 0.717) is 28.7 Å². The molecule has 1 atom stereocenters. The summed E-state index contributed by atoms with van der Waals surface area (Å²) in [6, 6.07) is 5.98. The van der Waals surface area contributed by atoms with Gasteiger partial charge in [0.15, 0.2) is 5.82 Å². The zero-order chi connectivity index (χ0) is 19.0. The Morgan fingerprint density at radius 3 is 2.67 bits per heavy atom. The molecule has 1 aliphatic rings. The summed E-state index contributed by atoms with van der Waals surface area (Å²) in [6.45, 7) is -0.141. The highest BCUT2D eigenvalue weighted by Gasteiger charge is 2.27. The molecule has 0 bridgehead atoms. The number of aryl methyl sites for hydroxylation is 1. The van der Waals surface area contributed by atoms with Gasteiger partial charge in [0.05, 0.1) is 11.3 Å². The molecule has 0 unspecified atom stereocenters. The van der Waals surface area contributed by atoms with Gasteiger partial charge in [-0.1, -0.05) is 0 Å². The van der Waals surface area contributed by atoms with E-state index in [4.69, 9.17) is 10.5 Å². The van der Waals surface area contributed by atoms with Gasteiger partial charge in [0, 0.05) is 49.6 Å². The molecule has 0 saturated heterocycles. The van der Waals surface area contributed by atoms with E-state index in [0.717, 1.165) is 18.5 Å². The zero-order valence-corrected chi connectivity index (χ0v) is 14.8. The molecule has 4 rings (SSSR count). The van der Waals surface area contributed by atoms with Crippen LogP contribution in [-0.4, -0.2) is 26.3 Å². The van der Waals surface area contributed by atoms with Crippen molar-refractivity contribution in [1.82, 2.24) is 19.7 Å². The Bertz CT molecular complexity index is 953. The maximum absolute atomic E-state index is 13.8. The van der Waals surface area contributed by atoms with Gasteiger partial charge < -0.3 is 10.5 Å². The molecule has 6 nitrogen and oxygen atoms in total. The summed E-state index contributed by atoms with van der Waals surface area (Å²) >= 11 is 0. The van der Waals surface area contributed by atoms with Crippen LogP contribution in [0.1, 0.15) is 36.2 Å². The molecule has 0 radical (unpaired) electrons. The van der Waals surface area contributed by atoms with Gasteiger partial charge in [0.2, 0.25) is 5.88 Å². The van der Waals surface area contributed by atoms with Crippen LogP contribution >= 0.6 is 0 Å². The highest BCUT2D eigenvalue weighted by molar-refractivity contribution is 5.64. The summed E-state index contributed by atoms with van der Waals surface area (Å²) < 4.78 is 35.0. The van der Waals surface area contributed by atoms with Gasteiger partial charge in [0.25, 0.3) is 0 Å². The molecule has 2 heterocycles. The van der Waals surface area contributed by atoms with Crippen LogP contribution in [0.15, 0.2) is 36.7 Å². The lowest BCUT2D eigenvalue weighted by Crippen LogP contribution is -2.08. The summed E-state index contributed by atoms with van der Waals surface area (Å²) in [4.78, 5) is 8.37. The second kappa shape index (κ2) is 7.03. The van der Waals surface area contributed by atoms with Crippen molar-refractivity contribution in [2.45, 2.75) is 24.9 Å². The minimum atomic E-state index is -1.32. The minimum absolute atomic E-state index is 0.141. The number of nitrogens with zero attached hydrogens (tertiary/aromatic N) is 4. The number of benzene rings is 1. The summed E-state index contributed by atoms with van der Waals surface area (Å²) in [5.74, 6) is 1.12. The van der Waals surface area contributed by atoms with E-state index in [1.165, 1.54) is 30.6 Å². The smallest absolute Gasteiger partial charge is 0.217 e. The van der Waals surface area contributed by atoms with E-state index in [2.05, 4.69) is 15.1 Å². The van der Waals surface area contributed by atoms with Crippen LogP contribution < -0.4 is 10.5 Å². The van der Waals surface area contributed by atoms with Gasteiger partial charge in [-0.2, -0.15) is 5.10 Å². The number of hydrogen-bond acceptors (Lipinski definition) is 5. The molecule has 140 valence electrons. The normalized spacial score (nSPS) is 15.0. The summed E-state index contributed by atoms with van der Waals surface area (Å²) in [5.41, 5.74) is 7.09. The van der Waals surface area contributed by atoms with E-state index >= 15 is 0 Å². The molecule has 2 aromatic heterocycles. The van der Waals surface area contributed by atoms with E-state index in [1.54, 1.807) is 11.7 Å². The number of hydrogen-bond donors (Lipinski definition) is 1. The van der Waals surface area contributed by atoms with E-state index < -0.39 is 12.0 Å². The SMILES string of the molecule is Cn1nc(C2CC2)cc1Oc1cc(F)ccc1-c1ncc([C@H](F)CN)cn1. The topological polar surface area (TPSA) is 78.8 Å². The first-order chi connectivity index (χ1) is 13.0. The molecule has 0 amide bonds. The number of ether oxygens (including phenoxy) is 1. The molecular weight excluding hydrogens is 352 g/mol. The monoisotopic (exact) mass is 371 g/mol. The third-order valence-electron chi connectivity index (χ3n) is 4.49. The maximum Gasteiger partial charge on any atom is 0.217 e. The molecule has 2 N–H and O–H groups in total. The van der Waals surface area contributed by atoms with E-state index in [9.17, 15) is 8.78 Å². The van der Waals surface area contributed by atoms with E-state index in [1.807, 2.05) is 6.07 Å². The Morgan fingerprint density at radius 2 is 2.00 bits per heavy atom. The first-order valence-electron chi connectivity index (χ1n) is 8.73. The average molecular weight is 371 g/mol. The number of aromatic nitrogens is 4. The second-order valence-electron chi connectivity index (χ2n) is 6.59. The molecule has 3 aromatic rings. The highest BCUT2D eigenvalue weighted by atomic mass is 19.1. The van der Waals surface area contributed by atoms with Crippen LogP contribution in [-0.2, 0) is 7.05 Å². The Morgan fingerprint density at radius 1 is 1.26 bits per heavy atom. The number of rotatable bonds is 6. The Labute approximate surface area is 155 Å². The average Bonchev–Trinajstić information content (AvgIpc) is 3.46. The van der Waals surface area contributed by atoms with Crippen LogP contribution in [0.3, 0.4) is 0 Å². The quantitative estimate of drug-likeness (QED) is 0.715. The molecule has 8 heteroatoms. The predicted octanol–water partition coefficient (Wildman–Crippen LogP) is 3.66. The summed E-state index contributed by atoms with van der Waals surface area (Å²) in [6.07, 6.45) is 3.68. The van der Waals surface area contributed by atoms with Gasteiger partial charge in [-0.05, 0) is 25.0 Å². The van der Waals surface area contributed by atoms with Crippen molar-refractivity contribution in [2.75, 3.05) is 6.54 Å². The number of alkyl halides is 1. The first-order valence-corrected chi connectivity index (χ1v) is 8.73. The highest BCUT2D eigenvalue weighted by Crippen LogP contribution is 2.41. The first kappa shape index (κ1) is 17.5. The van der Waals surface area contributed by atoms with Crippen LogP contribution in [0.2, 0.25) is 0 Å². The van der Waals surface area contributed by atoms with Gasteiger partial charge in [-0.15, -0.1) is 0 Å². The van der Waals surface area contributed by atoms with Crippen molar-refractivity contribution in [1.29, 1.82) is 0 Å². The van der Waals surface area contributed by atoms with Crippen molar-refractivity contribution < 1.29 is 13.5 Å². The lowest BCUT2D eigenvalue weighted by Gasteiger charge is -2.11. The fraction of sp³-hybridized carbons (Fsp3) is 0.316. The second-order valence-corrected chi connectivity index (χ2v) is 6.59.